The van der Waals surface area contributed by atoms with E-state index in [0.717, 1.165) is 11.1 Å². The maximum atomic E-state index is 10.4. The van der Waals surface area contributed by atoms with Crippen LogP contribution >= 0.6 is 0 Å². The lowest BCUT2D eigenvalue weighted by Crippen LogP contribution is -2.62. The van der Waals surface area contributed by atoms with Gasteiger partial charge in [0.25, 0.3) is 0 Å². The number of β-amino-alcohol motifs (C(OH)–C–C–N with tert-alkyl or cyclic N) is 1. The summed E-state index contributed by atoms with van der Waals surface area (Å²) in [5.74, 6) is 0. The number of benzene rings is 2. The molecule has 2 aromatic carbocycles. The van der Waals surface area contributed by atoms with E-state index in [1.54, 1.807) is 0 Å². The van der Waals surface area contributed by atoms with E-state index in [1.165, 1.54) is 0 Å². The summed E-state index contributed by atoms with van der Waals surface area (Å²) in [5.41, 5.74) is 2.08. The fourth-order valence-electron chi connectivity index (χ4n) is 3.33. The highest BCUT2D eigenvalue weighted by Gasteiger charge is 2.42. The second-order valence-corrected chi connectivity index (χ2v) is 6.48. The Morgan fingerprint density at radius 1 is 0.920 bits per heavy atom. The molecular formula is C20H25NO4. The number of likely N-dealkylation sites (tertiary alicyclic amines) is 1. The van der Waals surface area contributed by atoms with Crippen LogP contribution in [0.15, 0.2) is 60.7 Å². The summed E-state index contributed by atoms with van der Waals surface area (Å²) in [6.45, 7) is 1.06. The van der Waals surface area contributed by atoms with Crippen LogP contribution in [0.5, 0.6) is 0 Å². The van der Waals surface area contributed by atoms with Gasteiger partial charge in [0.05, 0.1) is 25.4 Å². The number of hydrogen-bond donors (Lipinski definition) is 3. The Morgan fingerprint density at radius 3 is 2.12 bits per heavy atom. The third-order valence-corrected chi connectivity index (χ3v) is 4.70. The van der Waals surface area contributed by atoms with Gasteiger partial charge >= 0.3 is 0 Å². The first-order valence-electron chi connectivity index (χ1n) is 8.59. The third-order valence-electron chi connectivity index (χ3n) is 4.70. The summed E-state index contributed by atoms with van der Waals surface area (Å²) in [5, 5.41) is 30.5. The molecule has 5 heteroatoms. The Morgan fingerprint density at radius 2 is 1.52 bits per heavy atom. The predicted molar refractivity (Wildman–Crippen MR) is 94.8 cm³/mol. The van der Waals surface area contributed by atoms with Crippen molar-refractivity contribution < 1.29 is 20.1 Å². The summed E-state index contributed by atoms with van der Waals surface area (Å²) in [4.78, 5) is 1.97. The first-order valence-corrected chi connectivity index (χ1v) is 8.59. The zero-order valence-corrected chi connectivity index (χ0v) is 14.1. The van der Waals surface area contributed by atoms with Crippen molar-refractivity contribution >= 4 is 0 Å². The fourth-order valence-corrected chi connectivity index (χ4v) is 3.33. The van der Waals surface area contributed by atoms with Gasteiger partial charge < -0.3 is 20.1 Å². The molecule has 1 saturated heterocycles. The van der Waals surface area contributed by atoms with E-state index in [2.05, 4.69) is 0 Å². The molecule has 0 saturated carbocycles. The van der Waals surface area contributed by atoms with Crippen molar-refractivity contribution in [2.24, 2.45) is 0 Å². The zero-order chi connectivity index (χ0) is 17.6. The molecule has 0 radical (unpaired) electrons. The predicted octanol–water partition coefficient (Wildman–Crippen LogP) is 1.17. The molecule has 134 valence electrons. The number of ether oxygens (including phenoxy) is 1. The molecule has 0 amide bonds. The van der Waals surface area contributed by atoms with E-state index < -0.39 is 18.3 Å². The summed E-state index contributed by atoms with van der Waals surface area (Å²) in [6, 6.07) is 19.2. The van der Waals surface area contributed by atoms with Crippen molar-refractivity contribution in [1.82, 2.24) is 4.90 Å². The summed E-state index contributed by atoms with van der Waals surface area (Å²) >= 11 is 0. The molecule has 0 spiro atoms. The minimum atomic E-state index is -1.02. The molecule has 4 atom stereocenters. The minimum absolute atomic E-state index is 0.143. The first-order chi connectivity index (χ1) is 12.2. The molecule has 0 aliphatic carbocycles. The van der Waals surface area contributed by atoms with Crippen LogP contribution in [0.25, 0.3) is 0 Å². The normalized spacial score (nSPS) is 27.3. The van der Waals surface area contributed by atoms with Crippen LogP contribution in [0.3, 0.4) is 0 Å². The highest BCUT2D eigenvalue weighted by atomic mass is 16.5. The summed E-state index contributed by atoms with van der Waals surface area (Å²) in [7, 11) is 0. The van der Waals surface area contributed by atoms with Gasteiger partial charge in [0.2, 0.25) is 0 Å². The second kappa shape index (κ2) is 8.56. The van der Waals surface area contributed by atoms with Crippen LogP contribution in [0, 0.1) is 0 Å². The zero-order valence-electron chi connectivity index (χ0n) is 14.1. The smallest absolute Gasteiger partial charge is 0.109 e. The summed E-state index contributed by atoms with van der Waals surface area (Å²) in [6.07, 6.45) is -2.59. The molecule has 1 fully saturated rings. The Hall–Kier alpha value is -1.76. The van der Waals surface area contributed by atoms with E-state index in [9.17, 15) is 15.3 Å². The van der Waals surface area contributed by atoms with Gasteiger partial charge in [-0.2, -0.15) is 0 Å². The quantitative estimate of drug-likeness (QED) is 0.734. The topological polar surface area (TPSA) is 73.2 Å². The molecule has 3 rings (SSSR count). The van der Waals surface area contributed by atoms with E-state index in [1.807, 2.05) is 65.6 Å². The monoisotopic (exact) mass is 343 g/mol. The number of aliphatic hydroxyl groups is 3. The van der Waals surface area contributed by atoms with Crippen molar-refractivity contribution in [2.45, 2.75) is 37.5 Å². The van der Waals surface area contributed by atoms with Crippen molar-refractivity contribution in [3.05, 3.63) is 71.8 Å². The van der Waals surface area contributed by atoms with Crippen LogP contribution in [0.1, 0.15) is 11.1 Å². The largest absolute Gasteiger partial charge is 0.395 e. The van der Waals surface area contributed by atoms with Gasteiger partial charge in [-0.3, -0.25) is 4.90 Å². The molecule has 5 nitrogen and oxygen atoms in total. The molecule has 1 aliphatic rings. The molecule has 1 aliphatic heterocycles. The molecule has 0 unspecified atom stereocenters. The lowest BCUT2D eigenvalue weighted by atomic mass is 9.93. The SMILES string of the molecule is OC[C@@H]1[C@@H](OCc2ccccc2)[C@H](O)[C@@H](O)CN1Cc1ccccc1. The Kier molecular flexibility index (Phi) is 6.18. The number of nitrogens with zero attached hydrogens (tertiary/aromatic N) is 1. The molecule has 1 heterocycles. The van der Waals surface area contributed by atoms with E-state index in [0.29, 0.717) is 19.7 Å². The van der Waals surface area contributed by atoms with Gasteiger partial charge in [-0.25, -0.2) is 0 Å². The molecule has 0 aromatic heterocycles. The standard InChI is InChI=1S/C20H25NO4/c22-13-17-20(25-14-16-9-5-2-6-10-16)19(24)18(23)12-21(17)11-15-7-3-1-4-8-15/h1-10,17-20,22-24H,11-14H2/t17-,18+,19-,20-/m1/s1. The van der Waals surface area contributed by atoms with Crippen molar-refractivity contribution in [3.63, 3.8) is 0 Å². The number of aliphatic hydroxyl groups excluding tert-OH is 3. The number of piperidine rings is 1. The van der Waals surface area contributed by atoms with E-state index >= 15 is 0 Å². The second-order valence-electron chi connectivity index (χ2n) is 6.48. The van der Waals surface area contributed by atoms with E-state index in [4.69, 9.17) is 4.74 Å². The highest BCUT2D eigenvalue weighted by molar-refractivity contribution is 5.16. The van der Waals surface area contributed by atoms with Crippen molar-refractivity contribution in [2.75, 3.05) is 13.2 Å². The summed E-state index contributed by atoms with van der Waals surface area (Å²) < 4.78 is 5.91. The molecule has 0 bridgehead atoms. The van der Waals surface area contributed by atoms with Crippen LogP contribution in [-0.4, -0.2) is 57.7 Å². The first kappa shape index (κ1) is 18.0. The van der Waals surface area contributed by atoms with Crippen LogP contribution < -0.4 is 0 Å². The van der Waals surface area contributed by atoms with Gasteiger partial charge in [-0.15, -0.1) is 0 Å². The number of rotatable bonds is 6. The van der Waals surface area contributed by atoms with Crippen LogP contribution in [0.2, 0.25) is 0 Å². The molecule has 25 heavy (non-hydrogen) atoms. The Bertz CT molecular complexity index is 637. The highest BCUT2D eigenvalue weighted by Crippen LogP contribution is 2.24. The minimum Gasteiger partial charge on any atom is -0.395 e. The average Bonchev–Trinajstić information content (AvgIpc) is 2.65. The van der Waals surface area contributed by atoms with Crippen LogP contribution in [-0.2, 0) is 17.9 Å². The van der Waals surface area contributed by atoms with Crippen LogP contribution in [0.4, 0.5) is 0 Å². The van der Waals surface area contributed by atoms with Gasteiger partial charge in [-0.05, 0) is 11.1 Å². The average molecular weight is 343 g/mol. The molecule has 2 aromatic rings. The Labute approximate surface area is 148 Å². The van der Waals surface area contributed by atoms with Crippen molar-refractivity contribution in [1.29, 1.82) is 0 Å². The van der Waals surface area contributed by atoms with Gasteiger partial charge in [0.1, 0.15) is 12.2 Å². The maximum absolute atomic E-state index is 10.4. The van der Waals surface area contributed by atoms with Crippen molar-refractivity contribution in [3.8, 4) is 0 Å². The fraction of sp³-hybridized carbons (Fsp3) is 0.400. The van der Waals surface area contributed by atoms with Gasteiger partial charge in [-0.1, -0.05) is 60.7 Å². The molecular weight excluding hydrogens is 318 g/mol. The van der Waals surface area contributed by atoms with E-state index in [-0.39, 0.29) is 12.6 Å². The maximum Gasteiger partial charge on any atom is 0.109 e. The van der Waals surface area contributed by atoms with Gasteiger partial charge in [0, 0.05) is 13.1 Å². The Balaban J connectivity index is 1.72. The lowest BCUT2D eigenvalue weighted by molar-refractivity contribution is -0.172. The van der Waals surface area contributed by atoms with Gasteiger partial charge in [0.15, 0.2) is 0 Å². The molecule has 3 N–H and O–H groups in total. The lowest BCUT2D eigenvalue weighted by Gasteiger charge is -2.45. The number of hydrogen-bond acceptors (Lipinski definition) is 5. The third kappa shape index (κ3) is 4.45.